The topological polar surface area (TPSA) is 166 Å². The van der Waals surface area contributed by atoms with Gasteiger partial charge in [0.05, 0.1) is 31.2 Å². The Morgan fingerprint density at radius 1 is 1.15 bits per heavy atom. The molecule has 3 N–H and O–H groups in total. The normalized spacial score (nSPS) is 28.8. The number of aromatic nitrogens is 4. The van der Waals surface area contributed by atoms with Crippen molar-refractivity contribution in [1.29, 1.82) is 0 Å². The number of nitrogens with zero attached hydrogens (tertiary/aromatic N) is 3. The first-order chi connectivity index (χ1) is 15.7. The van der Waals surface area contributed by atoms with Gasteiger partial charge in [-0.2, -0.15) is 0 Å². The average Bonchev–Trinajstić information content (AvgIpc) is 3.33. The molecule has 12 nitrogen and oxygen atoms in total. The minimum absolute atomic E-state index is 0.0426. The second kappa shape index (κ2) is 8.41. The van der Waals surface area contributed by atoms with E-state index in [9.17, 15) is 29.4 Å². The number of H-pyrrole nitrogens is 1. The molecule has 2 aliphatic rings. The smallest absolute Gasteiger partial charge is 0.332 e. The molecule has 0 amide bonds. The Hall–Kier alpha value is -2.99. The molecule has 12 heteroatoms. The Balaban J connectivity index is 1.83. The van der Waals surface area contributed by atoms with E-state index in [1.165, 1.54) is 11.7 Å². The zero-order valence-corrected chi connectivity index (χ0v) is 18.7. The van der Waals surface area contributed by atoms with Crippen LogP contribution >= 0.6 is 0 Å². The van der Waals surface area contributed by atoms with Gasteiger partial charge in [-0.05, 0) is 12.8 Å². The van der Waals surface area contributed by atoms with Crippen LogP contribution in [0.5, 0.6) is 0 Å². The molecule has 0 aliphatic carbocycles. The summed E-state index contributed by atoms with van der Waals surface area (Å²) in [6.07, 6.45) is -0.888. The van der Waals surface area contributed by atoms with Crippen molar-refractivity contribution in [2.75, 3.05) is 7.11 Å². The number of methoxy groups -OCH3 is 1. The Morgan fingerprint density at radius 2 is 1.76 bits per heavy atom. The van der Waals surface area contributed by atoms with E-state index in [0.717, 1.165) is 4.57 Å². The predicted octanol–water partition coefficient (Wildman–Crippen LogP) is -0.0549. The maximum absolute atomic E-state index is 13.0. The molecular formula is C21H28N4O8. The summed E-state index contributed by atoms with van der Waals surface area (Å²) in [7, 11) is 1.17. The van der Waals surface area contributed by atoms with Crippen LogP contribution in [0.2, 0.25) is 0 Å². The third-order valence-corrected chi connectivity index (χ3v) is 6.57. The summed E-state index contributed by atoms with van der Waals surface area (Å²) in [5, 5.41) is 21.2. The minimum atomic E-state index is -1.68. The Kier molecular flexibility index (Phi) is 5.91. The number of hydrogen-bond acceptors (Lipinski definition) is 8. The van der Waals surface area contributed by atoms with Crippen LogP contribution in [0, 0.1) is 11.8 Å². The maximum Gasteiger partial charge on any atom is 0.332 e. The molecule has 33 heavy (non-hydrogen) atoms. The zero-order chi connectivity index (χ0) is 24.1. The summed E-state index contributed by atoms with van der Waals surface area (Å²) >= 11 is 0. The fourth-order valence-electron chi connectivity index (χ4n) is 5.13. The lowest BCUT2D eigenvalue weighted by Crippen LogP contribution is -2.41. The van der Waals surface area contributed by atoms with E-state index in [0.29, 0.717) is 19.4 Å². The van der Waals surface area contributed by atoms with Gasteiger partial charge in [0.15, 0.2) is 5.65 Å². The standard InChI is InChI=1S/C21H28N4O8/c1-4-6-24-15-14(16(26)25(7-5-2)20(24)30)22-19(23-15)21(31)8-10-12(17(27)28)13(18(29)32-3)11(9-21)33-10/h10-13,31H,4-9H2,1-3H3,(H,22,23)(H,27,28). The number of carboxylic acids is 1. The molecule has 5 atom stereocenters. The number of aromatic amines is 1. The summed E-state index contributed by atoms with van der Waals surface area (Å²) in [6, 6.07) is 0. The van der Waals surface area contributed by atoms with Crippen LogP contribution in [0.3, 0.4) is 0 Å². The number of esters is 1. The van der Waals surface area contributed by atoms with Crippen molar-refractivity contribution in [3.63, 3.8) is 0 Å². The number of carbonyl (C=O) groups is 2. The number of rotatable bonds is 7. The van der Waals surface area contributed by atoms with Gasteiger partial charge >= 0.3 is 17.6 Å². The van der Waals surface area contributed by atoms with Crippen LogP contribution < -0.4 is 11.2 Å². The van der Waals surface area contributed by atoms with Gasteiger partial charge < -0.3 is 24.7 Å². The van der Waals surface area contributed by atoms with E-state index >= 15 is 0 Å². The van der Waals surface area contributed by atoms with E-state index in [4.69, 9.17) is 9.47 Å². The highest BCUT2D eigenvalue weighted by Crippen LogP contribution is 2.49. The molecule has 5 unspecified atom stereocenters. The number of hydrogen-bond donors (Lipinski definition) is 3. The molecule has 0 aromatic carbocycles. The second-order valence-corrected chi connectivity index (χ2v) is 8.74. The van der Waals surface area contributed by atoms with Crippen LogP contribution in [0.25, 0.3) is 11.2 Å². The number of carbonyl (C=O) groups excluding carboxylic acids is 1. The van der Waals surface area contributed by atoms with Gasteiger partial charge in [0.25, 0.3) is 5.56 Å². The molecule has 2 fully saturated rings. The lowest BCUT2D eigenvalue weighted by Gasteiger charge is -2.35. The fraction of sp³-hybridized carbons (Fsp3) is 0.667. The minimum Gasteiger partial charge on any atom is -0.481 e. The third kappa shape index (κ3) is 3.57. The van der Waals surface area contributed by atoms with E-state index in [2.05, 4.69) is 9.97 Å². The van der Waals surface area contributed by atoms with E-state index in [1.807, 2.05) is 13.8 Å². The number of aliphatic carboxylic acids is 1. The maximum atomic E-state index is 13.0. The number of imidazole rings is 1. The first-order valence-electron chi connectivity index (χ1n) is 11.1. The van der Waals surface area contributed by atoms with Crippen molar-refractivity contribution in [3.8, 4) is 0 Å². The Labute approximate surface area is 188 Å². The first kappa shape index (κ1) is 23.2. The molecule has 4 rings (SSSR count). The highest BCUT2D eigenvalue weighted by Gasteiger charge is 2.60. The van der Waals surface area contributed by atoms with Gasteiger partial charge in [0, 0.05) is 25.9 Å². The van der Waals surface area contributed by atoms with Crippen molar-refractivity contribution in [3.05, 3.63) is 26.7 Å². The lowest BCUT2D eigenvalue weighted by molar-refractivity contribution is -0.155. The molecule has 2 bridgehead atoms. The quantitative estimate of drug-likeness (QED) is 0.476. The van der Waals surface area contributed by atoms with Gasteiger partial charge in [-0.1, -0.05) is 13.8 Å². The molecule has 180 valence electrons. The SMILES string of the molecule is CCCn1c(=O)c2[nH]c(C3(O)CC4OC(C3)C(C(=O)OC)C4C(=O)O)nc2n(CCC)c1=O. The van der Waals surface area contributed by atoms with E-state index in [-0.39, 0.29) is 36.4 Å². The van der Waals surface area contributed by atoms with Crippen LogP contribution in [-0.4, -0.2) is 60.6 Å². The monoisotopic (exact) mass is 464 g/mol. The van der Waals surface area contributed by atoms with Crippen molar-refractivity contribution in [1.82, 2.24) is 19.1 Å². The largest absolute Gasteiger partial charge is 0.481 e. The summed E-state index contributed by atoms with van der Waals surface area (Å²) in [5.74, 6) is -4.15. The summed E-state index contributed by atoms with van der Waals surface area (Å²) in [6.45, 7) is 4.33. The number of fused-ring (bicyclic) bond motifs is 3. The number of nitrogens with one attached hydrogen (secondary N) is 1. The average molecular weight is 464 g/mol. The lowest BCUT2D eigenvalue weighted by atomic mass is 9.88. The summed E-state index contributed by atoms with van der Waals surface area (Å²) in [5.41, 5.74) is -2.45. The van der Waals surface area contributed by atoms with Gasteiger partial charge in [-0.25, -0.2) is 9.78 Å². The zero-order valence-electron chi connectivity index (χ0n) is 18.7. The molecule has 0 saturated carbocycles. The molecule has 2 aromatic heterocycles. The van der Waals surface area contributed by atoms with Gasteiger partial charge in [0.1, 0.15) is 16.9 Å². The highest BCUT2D eigenvalue weighted by molar-refractivity contribution is 5.83. The van der Waals surface area contributed by atoms with Crippen LogP contribution in [-0.2, 0) is 37.8 Å². The van der Waals surface area contributed by atoms with Crippen LogP contribution in [0.4, 0.5) is 0 Å². The van der Waals surface area contributed by atoms with Crippen molar-refractivity contribution < 1.29 is 29.3 Å². The second-order valence-electron chi connectivity index (χ2n) is 8.74. The third-order valence-electron chi connectivity index (χ3n) is 6.57. The van der Waals surface area contributed by atoms with Crippen LogP contribution in [0.15, 0.2) is 9.59 Å². The molecule has 0 spiro atoms. The van der Waals surface area contributed by atoms with Gasteiger partial charge in [0.2, 0.25) is 0 Å². The number of aliphatic hydroxyl groups is 1. The molecule has 4 heterocycles. The molecule has 2 saturated heterocycles. The van der Waals surface area contributed by atoms with E-state index in [1.54, 1.807) is 0 Å². The highest BCUT2D eigenvalue weighted by atomic mass is 16.5. The van der Waals surface area contributed by atoms with E-state index < -0.39 is 52.8 Å². The predicted molar refractivity (Wildman–Crippen MR) is 114 cm³/mol. The molecule has 2 aliphatic heterocycles. The summed E-state index contributed by atoms with van der Waals surface area (Å²) < 4.78 is 13.1. The molecule has 0 radical (unpaired) electrons. The number of carboxylic acid groups (broad SMARTS) is 1. The fourth-order valence-corrected chi connectivity index (χ4v) is 5.13. The first-order valence-corrected chi connectivity index (χ1v) is 11.1. The number of aryl methyl sites for hydroxylation is 1. The van der Waals surface area contributed by atoms with Gasteiger partial charge in [-0.3, -0.25) is 23.5 Å². The Morgan fingerprint density at radius 3 is 2.33 bits per heavy atom. The number of ether oxygens (including phenoxy) is 2. The molecular weight excluding hydrogens is 436 g/mol. The van der Waals surface area contributed by atoms with Crippen LogP contribution in [0.1, 0.15) is 45.4 Å². The van der Waals surface area contributed by atoms with Crippen molar-refractivity contribution in [2.45, 2.75) is 70.4 Å². The Bertz CT molecular complexity index is 1210. The molecule has 2 aromatic rings. The van der Waals surface area contributed by atoms with Gasteiger partial charge in [-0.15, -0.1) is 0 Å². The van der Waals surface area contributed by atoms with Crippen molar-refractivity contribution in [2.24, 2.45) is 11.8 Å². The van der Waals surface area contributed by atoms with Crippen molar-refractivity contribution >= 4 is 23.1 Å². The summed E-state index contributed by atoms with van der Waals surface area (Å²) in [4.78, 5) is 57.4.